The maximum absolute atomic E-state index is 12.3. The zero-order valence-electron chi connectivity index (χ0n) is 12.0. The van der Waals surface area contributed by atoms with Crippen LogP contribution in [0.4, 0.5) is 0 Å². The van der Waals surface area contributed by atoms with E-state index >= 15 is 0 Å². The monoisotopic (exact) mass is 311 g/mol. The Kier molecular flexibility index (Phi) is 4.97. The molecule has 0 aliphatic carbocycles. The Hall–Kier alpha value is -1.44. The molecule has 1 heterocycles. The van der Waals surface area contributed by atoms with Gasteiger partial charge in [0.15, 0.2) is 0 Å². The summed E-state index contributed by atoms with van der Waals surface area (Å²) in [6.45, 7) is 3.01. The van der Waals surface area contributed by atoms with E-state index in [4.69, 9.17) is 5.14 Å². The number of primary sulfonamides is 1. The third-order valence-corrected chi connectivity index (χ3v) is 4.37. The topological polar surface area (TPSA) is 101 Å². The molecule has 1 aromatic carbocycles. The maximum Gasteiger partial charge on any atom is 0.251 e. The van der Waals surface area contributed by atoms with Crippen molar-refractivity contribution in [1.82, 2.24) is 10.6 Å². The molecule has 2 rings (SSSR count). The van der Waals surface area contributed by atoms with E-state index < -0.39 is 10.0 Å². The smallest absolute Gasteiger partial charge is 0.251 e. The number of hydrogen-bond donors (Lipinski definition) is 3. The molecule has 0 radical (unpaired) electrons. The van der Waals surface area contributed by atoms with Crippen LogP contribution in [0.15, 0.2) is 24.3 Å². The van der Waals surface area contributed by atoms with E-state index in [1.54, 1.807) is 24.3 Å². The molecule has 0 bridgehead atoms. The van der Waals surface area contributed by atoms with Gasteiger partial charge in [-0.3, -0.25) is 4.79 Å². The molecule has 0 aromatic heterocycles. The second kappa shape index (κ2) is 6.55. The second-order valence-electron chi connectivity index (χ2n) is 5.47. The van der Waals surface area contributed by atoms with Gasteiger partial charge in [-0.05, 0) is 44.0 Å². The number of amides is 1. The van der Waals surface area contributed by atoms with Gasteiger partial charge in [-0.2, -0.15) is 0 Å². The van der Waals surface area contributed by atoms with Crippen LogP contribution in [-0.4, -0.2) is 33.0 Å². The van der Waals surface area contributed by atoms with E-state index in [1.165, 1.54) is 0 Å². The summed E-state index contributed by atoms with van der Waals surface area (Å²) in [7, 11) is -3.60. The van der Waals surface area contributed by atoms with Crippen LogP contribution < -0.4 is 15.8 Å². The van der Waals surface area contributed by atoms with Gasteiger partial charge in [-0.25, -0.2) is 13.6 Å². The van der Waals surface area contributed by atoms with Crippen LogP contribution in [0.1, 0.15) is 35.7 Å². The minimum absolute atomic E-state index is 0.0909. The molecule has 1 aliphatic heterocycles. The fraction of sp³-hybridized carbons (Fsp3) is 0.500. The van der Waals surface area contributed by atoms with Crippen molar-refractivity contribution in [3.05, 3.63) is 35.4 Å². The number of hydrogen-bond acceptors (Lipinski definition) is 4. The quantitative estimate of drug-likeness (QED) is 0.746. The van der Waals surface area contributed by atoms with E-state index in [0.717, 1.165) is 19.4 Å². The molecule has 1 aromatic rings. The largest absolute Gasteiger partial charge is 0.348 e. The summed E-state index contributed by atoms with van der Waals surface area (Å²) in [5, 5.41) is 11.3. The van der Waals surface area contributed by atoms with Gasteiger partial charge in [0.1, 0.15) is 0 Å². The van der Waals surface area contributed by atoms with Gasteiger partial charge in [-0.1, -0.05) is 12.1 Å². The molecule has 116 valence electrons. The summed E-state index contributed by atoms with van der Waals surface area (Å²) < 4.78 is 22.2. The lowest BCUT2D eigenvalue weighted by Crippen LogP contribution is -2.51. The van der Waals surface area contributed by atoms with E-state index in [-0.39, 0.29) is 23.7 Å². The van der Waals surface area contributed by atoms with E-state index in [9.17, 15) is 13.2 Å². The van der Waals surface area contributed by atoms with Crippen molar-refractivity contribution in [1.29, 1.82) is 0 Å². The zero-order chi connectivity index (χ0) is 15.5. The normalized spacial score (nSPS) is 22.8. The molecule has 0 spiro atoms. The number of benzene rings is 1. The Balaban J connectivity index is 2.07. The molecule has 1 aliphatic rings. The predicted octanol–water partition coefficient (Wildman–Crippen LogP) is 0.345. The van der Waals surface area contributed by atoms with Crippen molar-refractivity contribution in [3.8, 4) is 0 Å². The van der Waals surface area contributed by atoms with Gasteiger partial charge in [0.05, 0.1) is 5.75 Å². The summed E-state index contributed by atoms with van der Waals surface area (Å²) in [6, 6.07) is 6.87. The molecule has 0 saturated carbocycles. The molecule has 2 unspecified atom stereocenters. The van der Waals surface area contributed by atoms with Crippen molar-refractivity contribution >= 4 is 15.9 Å². The van der Waals surface area contributed by atoms with Crippen LogP contribution in [0.25, 0.3) is 0 Å². The molecule has 21 heavy (non-hydrogen) atoms. The van der Waals surface area contributed by atoms with Crippen molar-refractivity contribution in [3.63, 3.8) is 0 Å². The van der Waals surface area contributed by atoms with Crippen molar-refractivity contribution < 1.29 is 13.2 Å². The van der Waals surface area contributed by atoms with Gasteiger partial charge in [0, 0.05) is 17.6 Å². The maximum atomic E-state index is 12.3. The molecule has 1 amide bonds. The Morgan fingerprint density at radius 1 is 1.48 bits per heavy atom. The summed E-state index contributed by atoms with van der Waals surface area (Å²) >= 11 is 0. The number of piperidine rings is 1. The minimum atomic E-state index is -3.60. The standard InChI is InChI=1S/C14H21N3O3S/c1-10-13(6-3-7-16-10)17-14(18)12-5-2-4-11(8-12)9-21(15,19)20/h2,4-5,8,10,13,16H,3,6-7,9H2,1H3,(H,17,18)(H2,15,19,20). The van der Waals surface area contributed by atoms with Crippen LogP contribution in [-0.2, 0) is 15.8 Å². The van der Waals surface area contributed by atoms with Gasteiger partial charge >= 0.3 is 0 Å². The fourth-order valence-electron chi connectivity index (χ4n) is 2.53. The van der Waals surface area contributed by atoms with E-state index in [2.05, 4.69) is 10.6 Å². The fourth-order valence-corrected chi connectivity index (χ4v) is 3.17. The third kappa shape index (κ3) is 4.80. The first-order chi connectivity index (χ1) is 9.85. The average Bonchev–Trinajstić information content (AvgIpc) is 2.39. The van der Waals surface area contributed by atoms with Crippen molar-refractivity contribution in [2.75, 3.05) is 6.54 Å². The molecular weight excluding hydrogens is 290 g/mol. The third-order valence-electron chi connectivity index (χ3n) is 3.64. The number of carbonyl (C=O) groups is 1. The highest BCUT2D eigenvalue weighted by molar-refractivity contribution is 7.88. The predicted molar refractivity (Wildman–Crippen MR) is 81.2 cm³/mol. The lowest BCUT2D eigenvalue weighted by atomic mass is 9.99. The van der Waals surface area contributed by atoms with Crippen molar-refractivity contribution in [2.45, 2.75) is 37.6 Å². The first kappa shape index (κ1) is 15.9. The zero-order valence-corrected chi connectivity index (χ0v) is 12.8. The summed E-state index contributed by atoms with van der Waals surface area (Å²) in [5.74, 6) is -0.456. The first-order valence-electron chi connectivity index (χ1n) is 6.99. The first-order valence-corrected chi connectivity index (χ1v) is 8.70. The number of carbonyl (C=O) groups excluding carboxylic acids is 1. The molecule has 6 nitrogen and oxygen atoms in total. The number of rotatable bonds is 4. The lowest BCUT2D eigenvalue weighted by molar-refractivity contribution is 0.0919. The molecule has 2 atom stereocenters. The lowest BCUT2D eigenvalue weighted by Gasteiger charge is -2.30. The molecular formula is C14H21N3O3S. The van der Waals surface area contributed by atoms with Crippen LogP contribution in [0.5, 0.6) is 0 Å². The van der Waals surface area contributed by atoms with Gasteiger partial charge in [-0.15, -0.1) is 0 Å². The van der Waals surface area contributed by atoms with E-state index in [1.807, 2.05) is 6.92 Å². The van der Waals surface area contributed by atoms with Crippen molar-refractivity contribution in [2.24, 2.45) is 5.14 Å². The van der Waals surface area contributed by atoms with Crippen LogP contribution in [0, 0.1) is 0 Å². The van der Waals surface area contributed by atoms with Gasteiger partial charge in [0.2, 0.25) is 10.0 Å². The summed E-state index contributed by atoms with van der Waals surface area (Å²) in [5.41, 5.74) is 0.967. The number of nitrogens with two attached hydrogens (primary N) is 1. The Morgan fingerprint density at radius 2 is 2.24 bits per heavy atom. The van der Waals surface area contributed by atoms with Crippen LogP contribution >= 0.6 is 0 Å². The Labute approximate surface area is 125 Å². The average molecular weight is 311 g/mol. The molecule has 7 heteroatoms. The highest BCUT2D eigenvalue weighted by Crippen LogP contribution is 2.11. The SMILES string of the molecule is CC1NCCCC1NC(=O)c1cccc(CS(N)(=O)=O)c1. The Bertz CT molecular complexity index is 616. The molecule has 1 saturated heterocycles. The summed E-state index contributed by atoms with van der Waals surface area (Å²) in [6.07, 6.45) is 1.97. The van der Waals surface area contributed by atoms with E-state index in [0.29, 0.717) is 11.1 Å². The highest BCUT2D eigenvalue weighted by Gasteiger charge is 2.22. The molecule has 1 fully saturated rings. The molecule has 4 N–H and O–H groups in total. The Morgan fingerprint density at radius 3 is 2.90 bits per heavy atom. The van der Waals surface area contributed by atoms with Gasteiger partial charge < -0.3 is 10.6 Å². The number of sulfonamides is 1. The minimum Gasteiger partial charge on any atom is -0.348 e. The number of nitrogens with one attached hydrogen (secondary N) is 2. The summed E-state index contributed by atoms with van der Waals surface area (Å²) in [4.78, 5) is 12.3. The second-order valence-corrected chi connectivity index (χ2v) is 7.09. The van der Waals surface area contributed by atoms with Crippen LogP contribution in [0.3, 0.4) is 0 Å². The van der Waals surface area contributed by atoms with Gasteiger partial charge in [0.25, 0.3) is 5.91 Å². The highest BCUT2D eigenvalue weighted by atomic mass is 32.2. The van der Waals surface area contributed by atoms with Crippen LogP contribution in [0.2, 0.25) is 0 Å².